The molecule has 3 aromatic rings. The van der Waals surface area contributed by atoms with E-state index in [0.717, 1.165) is 0 Å². The van der Waals surface area contributed by atoms with Crippen LogP contribution in [0.25, 0.3) is 0 Å². The highest BCUT2D eigenvalue weighted by molar-refractivity contribution is 6.31. The highest BCUT2D eigenvalue weighted by Crippen LogP contribution is 2.18. The van der Waals surface area contributed by atoms with Crippen molar-refractivity contribution < 1.29 is 19.1 Å². The van der Waals surface area contributed by atoms with Gasteiger partial charge in [0, 0.05) is 26.9 Å². The van der Waals surface area contributed by atoms with Gasteiger partial charge in [0.25, 0.3) is 5.91 Å². The number of hydrogen-bond acceptors (Lipinski definition) is 4. The first-order valence-electron chi connectivity index (χ1n) is 8.56. The summed E-state index contributed by atoms with van der Waals surface area (Å²) < 4.78 is 5.08. The van der Waals surface area contributed by atoms with Gasteiger partial charge in [-0.3, -0.25) is 9.59 Å². The highest BCUT2D eigenvalue weighted by atomic mass is 35.5. The molecule has 0 aromatic heterocycles. The molecule has 0 spiro atoms. The summed E-state index contributed by atoms with van der Waals surface area (Å²) in [5.74, 6) is -1.63. The van der Waals surface area contributed by atoms with Crippen molar-refractivity contribution >= 4 is 46.5 Å². The van der Waals surface area contributed by atoms with Crippen molar-refractivity contribution in [3.05, 3.63) is 99.5 Å². The van der Waals surface area contributed by atoms with Gasteiger partial charge < -0.3 is 10.1 Å². The molecule has 7 heteroatoms. The van der Waals surface area contributed by atoms with Crippen molar-refractivity contribution in [3.8, 4) is 0 Å². The summed E-state index contributed by atoms with van der Waals surface area (Å²) in [6.45, 7) is -0.495. The Morgan fingerprint density at radius 1 is 0.759 bits per heavy atom. The third kappa shape index (κ3) is 5.44. The predicted molar refractivity (Wildman–Crippen MR) is 112 cm³/mol. The number of ether oxygens (including phenoxy) is 1. The van der Waals surface area contributed by atoms with Crippen LogP contribution in [0.5, 0.6) is 0 Å². The summed E-state index contributed by atoms with van der Waals surface area (Å²) >= 11 is 11.6. The molecule has 5 nitrogen and oxygen atoms in total. The second-order valence-electron chi connectivity index (χ2n) is 6.01. The van der Waals surface area contributed by atoms with Gasteiger partial charge in [-0.15, -0.1) is 0 Å². The monoisotopic (exact) mass is 427 g/mol. The van der Waals surface area contributed by atoms with Gasteiger partial charge in [0.05, 0.1) is 5.56 Å². The lowest BCUT2D eigenvalue weighted by molar-refractivity contribution is -0.119. The summed E-state index contributed by atoms with van der Waals surface area (Å²) in [7, 11) is 0. The molecule has 29 heavy (non-hydrogen) atoms. The normalized spacial score (nSPS) is 10.3. The molecule has 0 atom stereocenters. The van der Waals surface area contributed by atoms with Gasteiger partial charge in [0.1, 0.15) is 0 Å². The van der Waals surface area contributed by atoms with E-state index < -0.39 is 18.5 Å². The maximum Gasteiger partial charge on any atom is 0.339 e. The third-order valence-corrected chi connectivity index (χ3v) is 4.46. The van der Waals surface area contributed by atoms with E-state index in [0.29, 0.717) is 21.3 Å². The van der Waals surface area contributed by atoms with Gasteiger partial charge in [0.2, 0.25) is 0 Å². The topological polar surface area (TPSA) is 72.5 Å². The average molecular weight is 428 g/mol. The fraction of sp³-hybridized carbons (Fsp3) is 0.0455. The van der Waals surface area contributed by atoms with E-state index in [1.54, 1.807) is 60.7 Å². The second kappa shape index (κ2) is 9.37. The zero-order chi connectivity index (χ0) is 20.8. The first kappa shape index (κ1) is 20.6. The molecule has 0 bridgehead atoms. The van der Waals surface area contributed by atoms with Gasteiger partial charge in [-0.25, -0.2) is 4.79 Å². The lowest BCUT2D eigenvalue weighted by Gasteiger charge is -2.10. The second-order valence-corrected chi connectivity index (χ2v) is 6.89. The molecule has 0 aliphatic heterocycles. The SMILES string of the molecule is O=C(COC(=O)c1ccccc1C(=O)c1ccc(Cl)cc1)Nc1ccc(Cl)cc1. The number of nitrogens with one attached hydrogen (secondary N) is 1. The summed E-state index contributed by atoms with van der Waals surface area (Å²) in [4.78, 5) is 37.2. The smallest absolute Gasteiger partial charge is 0.339 e. The number of halogens is 2. The maximum absolute atomic E-state index is 12.7. The Hall–Kier alpha value is -3.15. The van der Waals surface area contributed by atoms with E-state index in [-0.39, 0.29) is 16.9 Å². The third-order valence-electron chi connectivity index (χ3n) is 3.96. The number of carbonyl (C=O) groups is 3. The van der Waals surface area contributed by atoms with Crippen molar-refractivity contribution in [3.63, 3.8) is 0 Å². The fourth-order valence-electron chi connectivity index (χ4n) is 2.56. The molecule has 0 aliphatic rings. The molecular formula is C22H15Cl2NO4. The summed E-state index contributed by atoms with van der Waals surface area (Å²) in [5, 5.41) is 3.63. The molecule has 1 amide bonds. The molecule has 0 saturated heterocycles. The molecule has 0 radical (unpaired) electrons. The highest BCUT2D eigenvalue weighted by Gasteiger charge is 2.20. The van der Waals surface area contributed by atoms with Crippen LogP contribution in [0.4, 0.5) is 5.69 Å². The Morgan fingerprint density at radius 3 is 1.93 bits per heavy atom. The van der Waals surface area contributed by atoms with Gasteiger partial charge >= 0.3 is 5.97 Å². The zero-order valence-electron chi connectivity index (χ0n) is 15.0. The van der Waals surface area contributed by atoms with Crippen molar-refractivity contribution in [2.24, 2.45) is 0 Å². The Bertz CT molecular complexity index is 1050. The molecule has 0 aliphatic carbocycles. The molecule has 3 aromatic carbocycles. The average Bonchev–Trinajstić information content (AvgIpc) is 2.74. The predicted octanol–water partition coefficient (Wildman–Crippen LogP) is 5.02. The summed E-state index contributed by atoms with van der Waals surface area (Å²) in [6.07, 6.45) is 0. The molecule has 3 rings (SSSR count). The fourth-order valence-corrected chi connectivity index (χ4v) is 2.81. The molecular weight excluding hydrogens is 413 g/mol. The Balaban J connectivity index is 1.68. The Kier molecular flexibility index (Phi) is 6.65. The minimum absolute atomic E-state index is 0.0757. The number of rotatable bonds is 6. The van der Waals surface area contributed by atoms with E-state index in [2.05, 4.69) is 5.32 Å². The van der Waals surface area contributed by atoms with Crippen molar-refractivity contribution in [1.82, 2.24) is 0 Å². The van der Waals surface area contributed by atoms with Gasteiger partial charge in [-0.2, -0.15) is 0 Å². The minimum Gasteiger partial charge on any atom is -0.452 e. The largest absolute Gasteiger partial charge is 0.452 e. The number of anilines is 1. The number of hydrogen-bond donors (Lipinski definition) is 1. The molecule has 1 N–H and O–H groups in total. The van der Waals surface area contributed by atoms with Crippen LogP contribution in [0.2, 0.25) is 10.0 Å². The van der Waals surface area contributed by atoms with E-state index in [4.69, 9.17) is 27.9 Å². The molecule has 0 saturated carbocycles. The number of amides is 1. The van der Waals surface area contributed by atoms with Crippen molar-refractivity contribution in [2.75, 3.05) is 11.9 Å². The number of carbonyl (C=O) groups excluding carboxylic acids is 3. The zero-order valence-corrected chi connectivity index (χ0v) is 16.5. The number of benzene rings is 3. The van der Waals surface area contributed by atoms with Crippen molar-refractivity contribution in [1.29, 1.82) is 0 Å². The van der Waals surface area contributed by atoms with Gasteiger partial charge in [-0.1, -0.05) is 41.4 Å². The summed E-state index contributed by atoms with van der Waals surface area (Å²) in [5.41, 5.74) is 1.16. The van der Waals surface area contributed by atoms with E-state index in [1.807, 2.05) is 0 Å². The number of ketones is 1. The van der Waals surface area contributed by atoms with Crippen LogP contribution in [0.1, 0.15) is 26.3 Å². The van der Waals surface area contributed by atoms with Crippen LogP contribution in [-0.2, 0) is 9.53 Å². The van der Waals surface area contributed by atoms with Crippen LogP contribution >= 0.6 is 23.2 Å². The first-order chi connectivity index (χ1) is 13.9. The molecule has 0 unspecified atom stereocenters. The van der Waals surface area contributed by atoms with E-state index in [1.165, 1.54) is 12.1 Å². The lowest BCUT2D eigenvalue weighted by atomic mass is 9.98. The van der Waals surface area contributed by atoms with Crippen LogP contribution in [0.3, 0.4) is 0 Å². The summed E-state index contributed by atoms with van der Waals surface area (Å²) in [6, 6.07) is 19.1. The lowest BCUT2D eigenvalue weighted by Crippen LogP contribution is -2.22. The number of esters is 1. The quantitative estimate of drug-likeness (QED) is 0.442. The Labute approximate surface area is 177 Å². The molecule has 0 heterocycles. The van der Waals surface area contributed by atoms with Crippen LogP contribution in [0.15, 0.2) is 72.8 Å². The van der Waals surface area contributed by atoms with Crippen LogP contribution in [-0.4, -0.2) is 24.3 Å². The minimum atomic E-state index is -0.769. The standard InChI is InChI=1S/C22H15Cl2NO4/c23-15-7-5-14(6-8-15)21(27)18-3-1-2-4-19(18)22(28)29-13-20(26)25-17-11-9-16(24)10-12-17/h1-12H,13H2,(H,25,26). The van der Waals surface area contributed by atoms with Gasteiger partial charge in [0.15, 0.2) is 12.4 Å². The van der Waals surface area contributed by atoms with Crippen LogP contribution in [0, 0.1) is 0 Å². The van der Waals surface area contributed by atoms with E-state index >= 15 is 0 Å². The van der Waals surface area contributed by atoms with Crippen LogP contribution < -0.4 is 5.32 Å². The molecule has 146 valence electrons. The maximum atomic E-state index is 12.7. The Morgan fingerprint density at radius 2 is 1.31 bits per heavy atom. The first-order valence-corrected chi connectivity index (χ1v) is 9.31. The van der Waals surface area contributed by atoms with Crippen molar-refractivity contribution in [2.45, 2.75) is 0 Å². The molecule has 0 fully saturated rings. The van der Waals surface area contributed by atoms with Gasteiger partial charge in [-0.05, 0) is 54.6 Å². The van der Waals surface area contributed by atoms with E-state index in [9.17, 15) is 14.4 Å².